The van der Waals surface area contributed by atoms with Crippen molar-refractivity contribution in [3.63, 3.8) is 0 Å². The topological polar surface area (TPSA) is 56.1 Å². The van der Waals surface area contributed by atoms with Gasteiger partial charge in [0, 0.05) is 19.8 Å². The molecule has 84 valence electrons. The molecule has 0 fully saturated rings. The number of hydrogen-bond acceptors (Lipinski definition) is 3. The molecule has 1 aromatic heterocycles. The molecule has 0 aromatic carbocycles. The zero-order valence-corrected chi connectivity index (χ0v) is 9.36. The lowest BCUT2D eigenvalue weighted by molar-refractivity contribution is 0.116. The second-order valence-corrected chi connectivity index (χ2v) is 3.65. The highest BCUT2D eigenvalue weighted by Gasteiger charge is 2.03. The van der Waals surface area contributed by atoms with Gasteiger partial charge in [0.25, 0.3) is 0 Å². The van der Waals surface area contributed by atoms with Crippen LogP contribution in [0.4, 0.5) is 4.79 Å². The number of rotatable bonds is 4. The summed E-state index contributed by atoms with van der Waals surface area (Å²) in [5, 5.41) is 6.71. The average molecular weight is 211 g/mol. The molecule has 0 aliphatic rings. The second-order valence-electron chi connectivity index (χ2n) is 3.65. The molecule has 0 unspecified atom stereocenters. The molecule has 1 aromatic rings. The molecule has 5 heteroatoms. The number of amides is 1. The van der Waals surface area contributed by atoms with Gasteiger partial charge in [-0.25, -0.2) is 4.79 Å². The van der Waals surface area contributed by atoms with Crippen LogP contribution in [0.3, 0.4) is 0 Å². The minimum Gasteiger partial charge on any atom is -0.447 e. The van der Waals surface area contributed by atoms with Crippen molar-refractivity contribution in [2.24, 2.45) is 7.05 Å². The van der Waals surface area contributed by atoms with Crippen molar-refractivity contribution in [3.8, 4) is 0 Å². The Morgan fingerprint density at radius 1 is 1.67 bits per heavy atom. The van der Waals surface area contributed by atoms with Crippen molar-refractivity contribution in [2.75, 3.05) is 6.54 Å². The van der Waals surface area contributed by atoms with E-state index in [1.807, 2.05) is 27.1 Å². The first-order valence-corrected chi connectivity index (χ1v) is 5.00. The highest BCUT2D eigenvalue weighted by molar-refractivity contribution is 5.67. The third-order valence-corrected chi connectivity index (χ3v) is 1.78. The van der Waals surface area contributed by atoms with Gasteiger partial charge in [-0.05, 0) is 25.8 Å². The molecule has 15 heavy (non-hydrogen) atoms. The van der Waals surface area contributed by atoms with Crippen molar-refractivity contribution in [2.45, 2.75) is 26.4 Å². The summed E-state index contributed by atoms with van der Waals surface area (Å²) in [6.45, 7) is 4.21. The third-order valence-electron chi connectivity index (χ3n) is 1.78. The molecule has 0 saturated heterocycles. The summed E-state index contributed by atoms with van der Waals surface area (Å²) < 4.78 is 6.66. The van der Waals surface area contributed by atoms with Gasteiger partial charge in [-0.2, -0.15) is 5.10 Å². The van der Waals surface area contributed by atoms with Crippen LogP contribution < -0.4 is 5.32 Å². The van der Waals surface area contributed by atoms with E-state index in [9.17, 15) is 4.79 Å². The van der Waals surface area contributed by atoms with Crippen LogP contribution in [-0.4, -0.2) is 28.5 Å². The summed E-state index contributed by atoms with van der Waals surface area (Å²) in [5.41, 5.74) is 1.10. The zero-order chi connectivity index (χ0) is 11.3. The first-order chi connectivity index (χ1) is 7.08. The molecule has 0 saturated carbocycles. The normalized spacial score (nSPS) is 10.4. The molecular weight excluding hydrogens is 194 g/mol. The van der Waals surface area contributed by atoms with Crippen LogP contribution in [0, 0.1) is 0 Å². The van der Waals surface area contributed by atoms with Gasteiger partial charge in [-0.1, -0.05) is 0 Å². The maximum Gasteiger partial charge on any atom is 0.407 e. The van der Waals surface area contributed by atoms with Crippen LogP contribution in [0.25, 0.3) is 0 Å². The Morgan fingerprint density at radius 2 is 2.40 bits per heavy atom. The van der Waals surface area contributed by atoms with Crippen molar-refractivity contribution >= 4 is 6.09 Å². The Hall–Kier alpha value is -1.52. The van der Waals surface area contributed by atoms with Crippen molar-refractivity contribution < 1.29 is 9.53 Å². The van der Waals surface area contributed by atoms with Gasteiger partial charge >= 0.3 is 6.09 Å². The summed E-state index contributed by atoms with van der Waals surface area (Å²) in [6, 6.07) is 0. The number of aromatic nitrogens is 2. The second kappa shape index (κ2) is 5.38. The molecule has 1 rings (SSSR count). The van der Waals surface area contributed by atoms with Crippen LogP contribution in [0.15, 0.2) is 12.4 Å². The zero-order valence-electron chi connectivity index (χ0n) is 9.36. The quantitative estimate of drug-likeness (QED) is 0.811. The average Bonchev–Trinajstić information content (AvgIpc) is 2.50. The van der Waals surface area contributed by atoms with Gasteiger partial charge in [0.1, 0.15) is 0 Å². The molecular formula is C10H17N3O2. The number of nitrogens with zero attached hydrogens (tertiary/aromatic N) is 2. The molecule has 0 aliphatic heterocycles. The Morgan fingerprint density at radius 3 is 2.93 bits per heavy atom. The lowest BCUT2D eigenvalue weighted by atomic mass is 10.2. The molecule has 0 aliphatic carbocycles. The van der Waals surface area contributed by atoms with Crippen LogP contribution in [0.2, 0.25) is 0 Å². The summed E-state index contributed by atoms with van der Waals surface area (Å²) >= 11 is 0. The van der Waals surface area contributed by atoms with Crippen molar-refractivity contribution in [3.05, 3.63) is 18.0 Å². The highest BCUT2D eigenvalue weighted by Crippen LogP contribution is 1.96. The Kier molecular flexibility index (Phi) is 4.15. The third kappa shape index (κ3) is 4.49. The highest BCUT2D eigenvalue weighted by atomic mass is 16.6. The van der Waals surface area contributed by atoms with E-state index in [1.165, 1.54) is 0 Å². The van der Waals surface area contributed by atoms with Crippen molar-refractivity contribution in [1.82, 2.24) is 15.1 Å². The van der Waals surface area contributed by atoms with E-state index < -0.39 is 0 Å². The van der Waals surface area contributed by atoms with E-state index in [2.05, 4.69) is 10.4 Å². The molecule has 0 atom stereocenters. The van der Waals surface area contributed by atoms with E-state index in [1.54, 1.807) is 10.9 Å². The number of alkyl carbamates (subject to hydrolysis) is 1. The van der Waals surface area contributed by atoms with Gasteiger partial charge in [0.15, 0.2) is 0 Å². The molecule has 0 radical (unpaired) electrons. The minimum atomic E-state index is -0.367. The van der Waals surface area contributed by atoms with Gasteiger partial charge in [-0.3, -0.25) is 4.68 Å². The standard InChI is InChI=1S/C10H17N3O2/c1-8(2)15-10(14)11-5-4-9-6-12-13(3)7-9/h6-8H,4-5H2,1-3H3,(H,11,14). The van der Waals surface area contributed by atoms with E-state index in [0.717, 1.165) is 12.0 Å². The number of aryl methyl sites for hydroxylation is 1. The Bertz CT molecular complexity index is 320. The fraction of sp³-hybridized carbons (Fsp3) is 0.600. The number of nitrogens with one attached hydrogen (secondary N) is 1. The fourth-order valence-electron chi connectivity index (χ4n) is 1.17. The minimum absolute atomic E-state index is 0.0802. The first kappa shape index (κ1) is 11.6. The number of carbonyl (C=O) groups is 1. The maximum atomic E-state index is 11.1. The van der Waals surface area contributed by atoms with Gasteiger partial charge in [-0.15, -0.1) is 0 Å². The SMILES string of the molecule is CC(C)OC(=O)NCCc1cnn(C)c1. The number of carbonyl (C=O) groups excluding carboxylic acids is 1. The lowest BCUT2D eigenvalue weighted by Gasteiger charge is -2.08. The largest absolute Gasteiger partial charge is 0.447 e. The van der Waals surface area contributed by atoms with Crippen LogP contribution in [-0.2, 0) is 18.2 Å². The molecule has 0 bridgehead atoms. The van der Waals surface area contributed by atoms with E-state index >= 15 is 0 Å². The van der Waals surface area contributed by atoms with Crippen LogP contribution in [0.5, 0.6) is 0 Å². The van der Waals surface area contributed by atoms with Crippen LogP contribution in [0.1, 0.15) is 19.4 Å². The number of hydrogen-bond donors (Lipinski definition) is 1. The first-order valence-electron chi connectivity index (χ1n) is 5.00. The van der Waals surface area contributed by atoms with Gasteiger partial charge in [0.05, 0.1) is 12.3 Å². The Balaban J connectivity index is 2.19. The molecule has 1 N–H and O–H groups in total. The molecule has 5 nitrogen and oxygen atoms in total. The lowest BCUT2D eigenvalue weighted by Crippen LogP contribution is -2.28. The maximum absolute atomic E-state index is 11.1. The molecule has 0 spiro atoms. The predicted octanol–water partition coefficient (Wildman–Crippen LogP) is 1.10. The van der Waals surface area contributed by atoms with E-state index in [4.69, 9.17) is 4.74 Å². The Labute approximate surface area is 89.4 Å². The van der Waals surface area contributed by atoms with Crippen molar-refractivity contribution in [1.29, 1.82) is 0 Å². The number of ether oxygens (including phenoxy) is 1. The summed E-state index contributed by atoms with van der Waals surface area (Å²) in [4.78, 5) is 11.1. The van der Waals surface area contributed by atoms with Gasteiger partial charge in [0.2, 0.25) is 0 Å². The monoisotopic (exact) mass is 211 g/mol. The van der Waals surface area contributed by atoms with Crippen LogP contribution >= 0.6 is 0 Å². The van der Waals surface area contributed by atoms with Gasteiger partial charge < -0.3 is 10.1 Å². The van der Waals surface area contributed by atoms with E-state index in [-0.39, 0.29) is 12.2 Å². The predicted molar refractivity (Wildman–Crippen MR) is 56.5 cm³/mol. The summed E-state index contributed by atoms with van der Waals surface area (Å²) in [5.74, 6) is 0. The summed E-state index contributed by atoms with van der Waals surface area (Å²) in [6.07, 6.45) is 4.03. The smallest absolute Gasteiger partial charge is 0.407 e. The molecule has 1 amide bonds. The fourth-order valence-corrected chi connectivity index (χ4v) is 1.17. The molecule has 1 heterocycles. The van der Waals surface area contributed by atoms with E-state index in [0.29, 0.717) is 6.54 Å². The summed E-state index contributed by atoms with van der Waals surface area (Å²) in [7, 11) is 1.87.